The topological polar surface area (TPSA) is 66.0 Å². The first-order chi connectivity index (χ1) is 13.6. The molecule has 29 heavy (non-hydrogen) atoms. The number of para-hydroxylation sites is 1. The minimum atomic E-state index is -0.0739. The highest BCUT2D eigenvalue weighted by Gasteiger charge is 2.10. The Kier molecular flexibility index (Phi) is 11.1. The van der Waals surface area contributed by atoms with E-state index in [1.54, 1.807) is 14.2 Å². The molecule has 0 radical (unpaired) electrons. The Balaban J connectivity index is 0.00000420. The molecular formula is C22H31IN4O2. The predicted molar refractivity (Wildman–Crippen MR) is 129 cm³/mol. The van der Waals surface area contributed by atoms with Gasteiger partial charge >= 0.3 is 0 Å². The summed E-state index contributed by atoms with van der Waals surface area (Å²) >= 11 is 0. The predicted octanol–water partition coefficient (Wildman–Crippen LogP) is 3.31. The van der Waals surface area contributed by atoms with Crippen molar-refractivity contribution in [3.63, 3.8) is 0 Å². The van der Waals surface area contributed by atoms with Crippen molar-refractivity contribution in [2.24, 2.45) is 4.99 Å². The number of guanidine groups is 1. The molecule has 6 nitrogen and oxygen atoms in total. The molecule has 7 heteroatoms. The van der Waals surface area contributed by atoms with Crippen molar-refractivity contribution in [1.82, 2.24) is 15.5 Å². The Morgan fingerprint density at radius 1 is 1.17 bits per heavy atom. The third-order valence-corrected chi connectivity index (χ3v) is 4.37. The van der Waals surface area contributed by atoms with E-state index in [2.05, 4.69) is 28.5 Å². The smallest absolute Gasteiger partial charge is 0.251 e. The second kappa shape index (κ2) is 13.0. The lowest BCUT2D eigenvalue weighted by Gasteiger charge is -2.23. The zero-order valence-corrected chi connectivity index (χ0v) is 19.9. The number of methoxy groups -OCH3 is 1. The fourth-order valence-corrected chi connectivity index (χ4v) is 2.94. The maximum Gasteiger partial charge on any atom is 0.251 e. The van der Waals surface area contributed by atoms with Crippen molar-refractivity contribution in [3.05, 3.63) is 65.2 Å². The van der Waals surface area contributed by atoms with Crippen molar-refractivity contribution < 1.29 is 9.53 Å². The summed E-state index contributed by atoms with van der Waals surface area (Å²) in [5.74, 6) is 1.64. The van der Waals surface area contributed by atoms with E-state index in [0.717, 1.165) is 35.8 Å². The van der Waals surface area contributed by atoms with Gasteiger partial charge in [0.1, 0.15) is 5.75 Å². The summed E-state index contributed by atoms with van der Waals surface area (Å²) in [5, 5.41) is 5.99. The number of benzene rings is 2. The van der Waals surface area contributed by atoms with Crippen LogP contribution in [0.2, 0.25) is 0 Å². The summed E-state index contributed by atoms with van der Waals surface area (Å²) in [6.45, 7) is 4.18. The standard InChI is InChI=1S/C22H30N4O2.HI/c1-5-24-22(26(3)16-19-10-6-7-12-20(19)28-4)25-14-13-17-9-8-11-18(15-17)21(27)23-2;/h6-12,15H,5,13-14,16H2,1-4H3,(H,23,27)(H,24,25);1H. The van der Waals surface area contributed by atoms with Crippen molar-refractivity contribution >= 4 is 35.8 Å². The van der Waals surface area contributed by atoms with Crippen LogP contribution in [-0.4, -0.2) is 51.1 Å². The summed E-state index contributed by atoms with van der Waals surface area (Å²) in [6.07, 6.45) is 0.766. The second-order valence-electron chi connectivity index (χ2n) is 6.43. The van der Waals surface area contributed by atoms with Crippen LogP contribution in [0.5, 0.6) is 5.75 Å². The van der Waals surface area contributed by atoms with Crippen LogP contribution in [0.1, 0.15) is 28.4 Å². The van der Waals surface area contributed by atoms with Crippen LogP contribution in [0.4, 0.5) is 0 Å². The maximum absolute atomic E-state index is 11.8. The van der Waals surface area contributed by atoms with E-state index in [-0.39, 0.29) is 29.9 Å². The molecule has 0 heterocycles. The third kappa shape index (κ3) is 7.56. The quantitative estimate of drug-likeness (QED) is 0.325. The van der Waals surface area contributed by atoms with Crippen molar-refractivity contribution in [1.29, 1.82) is 0 Å². The van der Waals surface area contributed by atoms with Gasteiger partial charge in [-0.15, -0.1) is 24.0 Å². The maximum atomic E-state index is 11.8. The van der Waals surface area contributed by atoms with Gasteiger partial charge in [-0.1, -0.05) is 30.3 Å². The largest absolute Gasteiger partial charge is 0.496 e. The van der Waals surface area contributed by atoms with E-state index in [4.69, 9.17) is 9.73 Å². The average Bonchev–Trinajstić information content (AvgIpc) is 2.73. The van der Waals surface area contributed by atoms with Crippen LogP contribution < -0.4 is 15.4 Å². The second-order valence-corrected chi connectivity index (χ2v) is 6.43. The Morgan fingerprint density at radius 3 is 2.62 bits per heavy atom. The molecule has 0 saturated heterocycles. The number of amides is 1. The number of ether oxygens (including phenoxy) is 1. The molecule has 0 spiro atoms. The number of halogens is 1. The molecule has 0 unspecified atom stereocenters. The van der Waals surface area contributed by atoms with Crippen molar-refractivity contribution in [2.75, 3.05) is 34.3 Å². The average molecular weight is 510 g/mol. The summed E-state index contributed by atoms with van der Waals surface area (Å²) in [6, 6.07) is 15.7. The molecule has 2 aromatic carbocycles. The zero-order valence-electron chi connectivity index (χ0n) is 17.6. The van der Waals surface area contributed by atoms with Crippen LogP contribution in [0.3, 0.4) is 0 Å². The number of hydrogen-bond donors (Lipinski definition) is 2. The molecule has 0 aromatic heterocycles. The molecule has 0 bridgehead atoms. The number of carbonyl (C=O) groups excluding carboxylic acids is 1. The van der Waals surface area contributed by atoms with Crippen molar-refractivity contribution in [2.45, 2.75) is 19.9 Å². The lowest BCUT2D eigenvalue weighted by Crippen LogP contribution is -2.38. The Morgan fingerprint density at radius 2 is 1.93 bits per heavy atom. The normalized spacial score (nSPS) is 10.7. The monoisotopic (exact) mass is 510 g/mol. The van der Waals surface area contributed by atoms with E-state index < -0.39 is 0 Å². The minimum Gasteiger partial charge on any atom is -0.496 e. The van der Waals surface area contributed by atoms with Gasteiger partial charge in [0, 0.05) is 44.9 Å². The summed E-state index contributed by atoms with van der Waals surface area (Å²) in [5.41, 5.74) is 2.87. The Hall–Kier alpha value is -2.29. The molecule has 2 aromatic rings. The van der Waals surface area contributed by atoms with Gasteiger partial charge in [0.2, 0.25) is 0 Å². The molecule has 1 amide bonds. The zero-order chi connectivity index (χ0) is 20.4. The first-order valence-corrected chi connectivity index (χ1v) is 9.51. The van der Waals surface area contributed by atoms with Gasteiger partial charge in [-0.2, -0.15) is 0 Å². The molecule has 0 aliphatic heterocycles. The molecule has 158 valence electrons. The molecule has 0 aliphatic carbocycles. The van der Waals surface area contributed by atoms with Crippen LogP contribution >= 0.6 is 24.0 Å². The van der Waals surface area contributed by atoms with E-state index >= 15 is 0 Å². The highest BCUT2D eigenvalue weighted by Crippen LogP contribution is 2.18. The Labute approximate surface area is 190 Å². The number of nitrogens with one attached hydrogen (secondary N) is 2. The third-order valence-electron chi connectivity index (χ3n) is 4.37. The highest BCUT2D eigenvalue weighted by molar-refractivity contribution is 14.0. The molecular weight excluding hydrogens is 479 g/mol. The van der Waals surface area contributed by atoms with Crippen molar-refractivity contribution in [3.8, 4) is 5.75 Å². The summed E-state index contributed by atoms with van der Waals surface area (Å²) in [7, 11) is 5.34. The SMILES string of the molecule is CCNC(=NCCc1cccc(C(=O)NC)c1)N(C)Cc1ccccc1OC.I. The van der Waals surface area contributed by atoms with Gasteiger partial charge in [0.05, 0.1) is 7.11 Å². The van der Waals surface area contributed by atoms with Gasteiger partial charge < -0.3 is 20.3 Å². The van der Waals surface area contributed by atoms with Crippen LogP contribution in [0.25, 0.3) is 0 Å². The Bertz CT molecular complexity index is 811. The molecule has 2 rings (SSSR count). The molecule has 0 fully saturated rings. The lowest BCUT2D eigenvalue weighted by molar-refractivity contribution is 0.0963. The number of nitrogens with zero attached hydrogens (tertiary/aromatic N) is 2. The summed E-state index contributed by atoms with van der Waals surface area (Å²) < 4.78 is 5.45. The lowest BCUT2D eigenvalue weighted by atomic mass is 10.1. The van der Waals surface area contributed by atoms with Gasteiger partial charge in [0.25, 0.3) is 5.91 Å². The molecule has 2 N–H and O–H groups in total. The van der Waals surface area contributed by atoms with Crippen LogP contribution in [0.15, 0.2) is 53.5 Å². The number of carbonyl (C=O) groups is 1. The molecule has 0 aliphatic rings. The van der Waals surface area contributed by atoms with Gasteiger partial charge in [-0.05, 0) is 37.1 Å². The fraction of sp³-hybridized carbons (Fsp3) is 0.364. The van der Waals surface area contributed by atoms with E-state index in [1.807, 2.05) is 49.5 Å². The first-order valence-electron chi connectivity index (χ1n) is 9.51. The van der Waals surface area contributed by atoms with Gasteiger partial charge in [-0.3, -0.25) is 9.79 Å². The molecule has 0 atom stereocenters. The van der Waals surface area contributed by atoms with Gasteiger partial charge in [-0.25, -0.2) is 0 Å². The number of aliphatic imine (C=N–C) groups is 1. The number of rotatable bonds is 8. The first kappa shape index (κ1) is 24.7. The van der Waals surface area contributed by atoms with Crippen LogP contribution in [0, 0.1) is 0 Å². The van der Waals surface area contributed by atoms with Gasteiger partial charge in [0.15, 0.2) is 5.96 Å². The van der Waals surface area contributed by atoms with E-state index in [0.29, 0.717) is 18.7 Å². The number of hydrogen-bond acceptors (Lipinski definition) is 3. The van der Waals surface area contributed by atoms with E-state index in [1.165, 1.54) is 0 Å². The minimum absolute atomic E-state index is 0. The van der Waals surface area contributed by atoms with Crippen LogP contribution in [-0.2, 0) is 13.0 Å². The summed E-state index contributed by atoms with van der Waals surface area (Å²) in [4.78, 5) is 18.6. The fourth-order valence-electron chi connectivity index (χ4n) is 2.94. The molecule has 0 saturated carbocycles. The van der Waals surface area contributed by atoms with E-state index in [9.17, 15) is 4.79 Å². The highest BCUT2D eigenvalue weighted by atomic mass is 127.